The number of hydrogen-bond acceptors (Lipinski definition) is 4. The lowest BCUT2D eigenvalue weighted by atomic mass is 9.92. The zero-order valence-corrected chi connectivity index (χ0v) is 18.3. The standard InChI is InChI=1S/C22H29ClN4O3/c1-4-5-6-7-9-22(3,10-8-19(24)28)30-18-11-15-13-27-14(2)20(29)26-21(27)25-17(15)12-16(18)23/h11-12H,2,4-10,13H2,1,3H3,(H2,24,28)(H,25,26,29). The molecule has 0 spiro atoms. The summed E-state index contributed by atoms with van der Waals surface area (Å²) < 4.78 is 8.11. The highest BCUT2D eigenvalue weighted by molar-refractivity contribution is 6.32. The second-order valence-corrected chi connectivity index (χ2v) is 8.57. The SMILES string of the molecule is C=c1c(=O)[nH]c2n1Cc1cc(OC(C)(CCCCCC)CCC(N)=O)c(Cl)cc1N=2. The predicted molar refractivity (Wildman–Crippen MR) is 118 cm³/mol. The van der Waals surface area contributed by atoms with Crippen LogP contribution < -0.4 is 27.0 Å². The van der Waals surface area contributed by atoms with Crippen molar-refractivity contribution in [3.05, 3.63) is 44.0 Å². The van der Waals surface area contributed by atoms with E-state index in [-0.39, 0.29) is 17.9 Å². The molecular formula is C22H29ClN4O3. The molecule has 0 fully saturated rings. The van der Waals surface area contributed by atoms with Gasteiger partial charge in [-0.05, 0) is 38.3 Å². The van der Waals surface area contributed by atoms with Crippen molar-refractivity contribution < 1.29 is 9.53 Å². The van der Waals surface area contributed by atoms with Crippen LogP contribution in [0.25, 0.3) is 6.58 Å². The zero-order chi connectivity index (χ0) is 21.9. The first-order valence-corrected chi connectivity index (χ1v) is 10.8. The number of nitrogens with two attached hydrogens (primary N) is 1. The van der Waals surface area contributed by atoms with Crippen LogP contribution in [0.1, 0.15) is 64.4 Å². The van der Waals surface area contributed by atoms with Gasteiger partial charge in [0.2, 0.25) is 11.5 Å². The van der Waals surface area contributed by atoms with Crippen LogP contribution in [0.4, 0.5) is 5.69 Å². The van der Waals surface area contributed by atoms with Gasteiger partial charge in [-0.25, -0.2) is 4.99 Å². The fourth-order valence-electron chi connectivity index (χ4n) is 3.73. The normalized spacial score (nSPS) is 14.4. The van der Waals surface area contributed by atoms with Crippen molar-refractivity contribution in [3.63, 3.8) is 0 Å². The van der Waals surface area contributed by atoms with Crippen molar-refractivity contribution in [3.8, 4) is 5.75 Å². The van der Waals surface area contributed by atoms with Crippen molar-refractivity contribution in [2.75, 3.05) is 0 Å². The van der Waals surface area contributed by atoms with Gasteiger partial charge >= 0.3 is 0 Å². The number of unbranched alkanes of at least 4 members (excludes halogenated alkanes) is 3. The number of aromatic amines is 1. The summed E-state index contributed by atoms with van der Waals surface area (Å²) >= 11 is 6.51. The molecular weight excluding hydrogens is 404 g/mol. The quantitative estimate of drug-likeness (QED) is 0.481. The van der Waals surface area contributed by atoms with Crippen molar-refractivity contribution in [2.45, 2.75) is 70.9 Å². The molecule has 0 radical (unpaired) electrons. The van der Waals surface area contributed by atoms with Gasteiger partial charge in [-0.2, -0.15) is 0 Å². The molecule has 1 aromatic heterocycles. The van der Waals surface area contributed by atoms with Crippen LogP contribution in [0.2, 0.25) is 5.02 Å². The molecule has 1 aliphatic rings. The minimum Gasteiger partial charge on any atom is -0.486 e. The molecule has 3 rings (SSSR count). The maximum absolute atomic E-state index is 11.9. The van der Waals surface area contributed by atoms with Crippen LogP contribution in [-0.2, 0) is 11.3 Å². The molecule has 1 amide bonds. The number of carbonyl (C=O) groups excluding carboxylic acids is 1. The maximum atomic E-state index is 11.9. The third-order valence-corrected chi connectivity index (χ3v) is 5.87. The Morgan fingerprint density at radius 1 is 1.37 bits per heavy atom. The molecule has 0 saturated heterocycles. The molecule has 3 N–H and O–H groups in total. The Kier molecular flexibility index (Phi) is 6.71. The highest BCUT2D eigenvalue weighted by Gasteiger charge is 2.28. The summed E-state index contributed by atoms with van der Waals surface area (Å²) in [6.45, 7) is 8.43. The molecule has 0 bridgehead atoms. The van der Waals surface area contributed by atoms with E-state index in [0.717, 1.165) is 37.7 Å². The molecule has 2 aromatic rings. The second-order valence-electron chi connectivity index (χ2n) is 8.16. The van der Waals surface area contributed by atoms with E-state index in [1.54, 1.807) is 10.6 Å². The lowest BCUT2D eigenvalue weighted by Gasteiger charge is -2.32. The van der Waals surface area contributed by atoms with E-state index >= 15 is 0 Å². The number of amides is 1. The Hall–Kier alpha value is -2.54. The maximum Gasteiger partial charge on any atom is 0.274 e. The fourth-order valence-corrected chi connectivity index (χ4v) is 3.93. The molecule has 8 heteroatoms. The van der Waals surface area contributed by atoms with Crippen molar-refractivity contribution >= 4 is 29.8 Å². The third kappa shape index (κ3) is 4.95. The monoisotopic (exact) mass is 432 g/mol. The number of nitrogens with one attached hydrogen (secondary N) is 1. The first kappa shape index (κ1) is 22.2. The van der Waals surface area contributed by atoms with Gasteiger partial charge < -0.3 is 15.0 Å². The van der Waals surface area contributed by atoms with Crippen LogP contribution in [0.5, 0.6) is 5.75 Å². The Balaban J connectivity index is 1.87. The van der Waals surface area contributed by atoms with Gasteiger partial charge in [0.1, 0.15) is 16.7 Å². The van der Waals surface area contributed by atoms with Crippen molar-refractivity contribution in [1.29, 1.82) is 0 Å². The number of nitrogens with zero attached hydrogens (tertiary/aromatic N) is 2. The Morgan fingerprint density at radius 2 is 2.13 bits per heavy atom. The summed E-state index contributed by atoms with van der Waals surface area (Å²) in [6, 6.07) is 3.61. The topological polar surface area (TPSA) is 102 Å². The third-order valence-electron chi connectivity index (χ3n) is 5.57. The Morgan fingerprint density at radius 3 is 2.83 bits per heavy atom. The van der Waals surface area contributed by atoms with E-state index in [9.17, 15) is 9.59 Å². The van der Waals surface area contributed by atoms with Crippen LogP contribution >= 0.6 is 11.6 Å². The zero-order valence-electron chi connectivity index (χ0n) is 17.6. The number of halogens is 1. The first-order chi connectivity index (χ1) is 14.2. The van der Waals surface area contributed by atoms with Crippen LogP contribution in [0, 0.1) is 0 Å². The summed E-state index contributed by atoms with van der Waals surface area (Å²) in [5, 5.41) is 0.799. The van der Waals surface area contributed by atoms with Crippen LogP contribution in [0.15, 0.2) is 21.9 Å². The number of rotatable bonds is 10. The summed E-state index contributed by atoms with van der Waals surface area (Å²) in [7, 11) is 0. The van der Waals surface area contributed by atoms with Crippen molar-refractivity contribution in [2.24, 2.45) is 10.7 Å². The smallest absolute Gasteiger partial charge is 0.274 e. The predicted octanol–water partition coefficient (Wildman–Crippen LogP) is 2.93. The van der Waals surface area contributed by atoms with Gasteiger partial charge in [-0.15, -0.1) is 0 Å². The van der Waals surface area contributed by atoms with Crippen LogP contribution in [-0.4, -0.2) is 21.1 Å². The number of benzene rings is 1. The number of carbonyl (C=O) groups is 1. The summed E-state index contributed by atoms with van der Waals surface area (Å²) in [5.41, 5.74) is 6.61. The molecule has 1 aromatic carbocycles. The Labute approximate surface area is 180 Å². The van der Waals surface area contributed by atoms with Gasteiger partial charge in [0.15, 0.2) is 0 Å². The molecule has 1 aliphatic heterocycles. The van der Waals surface area contributed by atoms with Gasteiger partial charge in [-0.1, -0.05) is 44.4 Å². The highest BCUT2D eigenvalue weighted by Crippen LogP contribution is 2.37. The van der Waals surface area contributed by atoms with E-state index in [1.807, 2.05) is 13.0 Å². The number of fused-ring (bicyclic) bond motifs is 2. The van der Waals surface area contributed by atoms with Gasteiger partial charge in [0.25, 0.3) is 5.56 Å². The highest BCUT2D eigenvalue weighted by atomic mass is 35.5. The average molecular weight is 433 g/mol. The van der Waals surface area contributed by atoms with E-state index in [2.05, 4.69) is 23.5 Å². The number of imidazole rings is 1. The summed E-state index contributed by atoms with van der Waals surface area (Å²) in [5.74, 6) is 0.196. The number of aromatic nitrogens is 2. The minimum absolute atomic E-state index is 0.252. The van der Waals surface area contributed by atoms with E-state index < -0.39 is 5.60 Å². The van der Waals surface area contributed by atoms with Gasteiger partial charge in [0.05, 0.1) is 17.3 Å². The minimum atomic E-state index is -0.557. The molecule has 7 nitrogen and oxygen atoms in total. The largest absolute Gasteiger partial charge is 0.486 e. The van der Waals surface area contributed by atoms with Crippen LogP contribution in [0.3, 0.4) is 0 Å². The van der Waals surface area contributed by atoms with Gasteiger partial charge in [0, 0.05) is 12.0 Å². The summed E-state index contributed by atoms with van der Waals surface area (Å²) in [4.78, 5) is 30.4. The molecule has 0 aliphatic carbocycles. The number of ether oxygens (including phenoxy) is 1. The first-order valence-electron chi connectivity index (χ1n) is 10.4. The second kappa shape index (κ2) is 9.08. The number of H-pyrrole nitrogens is 1. The average Bonchev–Trinajstić information content (AvgIpc) is 2.96. The molecule has 2 heterocycles. The molecule has 1 unspecified atom stereocenters. The molecule has 162 valence electrons. The lowest BCUT2D eigenvalue weighted by molar-refractivity contribution is -0.119. The van der Waals surface area contributed by atoms with E-state index in [4.69, 9.17) is 22.1 Å². The fraction of sp³-hybridized carbons (Fsp3) is 0.500. The number of primary amides is 1. The van der Waals surface area contributed by atoms with E-state index in [1.165, 1.54) is 0 Å². The Bertz CT molecular complexity index is 1100. The number of hydrogen-bond donors (Lipinski definition) is 2. The summed E-state index contributed by atoms with van der Waals surface area (Å²) in [6.07, 6.45) is 6.00. The van der Waals surface area contributed by atoms with E-state index in [0.29, 0.717) is 40.4 Å². The molecule has 30 heavy (non-hydrogen) atoms. The van der Waals surface area contributed by atoms with Crippen molar-refractivity contribution in [1.82, 2.24) is 9.55 Å². The lowest BCUT2D eigenvalue weighted by Crippen LogP contribution is -2.34. The molecule has 1 atom stereocenters. The molecule has 0 saturated carbocycles. The van der Waals surface area contributed by atoms with Gasteiger partial charge in [-0.3, -0.25) is 14.6 Å².